The van der Waals surface area contributed by atoms with Crippen molar-refractivity contribution in [3.8, 4) is 0 Å². The summed E-state index contributed by atoms with van der Waals surface area (Å²) in [6.45, 7) is 0. The highest BCUT2D eigenvalue weighted by atomic mass is 31.2. The van der Waals surface area contributed by atoms with Crippen molar-refractivity contribution in [2.24, 2.45) is 0 Å². The van der Waals surface area contributed by atoms with Crippen molar-refractivity contribution < 1.29 is 4.57 Å². The first-order valence-electron chi connectivity index (χ1n) is 5.99. The van der Waals surface area contributed by atoms with Gasteiger partial charge < -0.3 is 4.57 Å². The van der Waals surface area contributed by atoms with Crippen LogP contribution in [0.5, 0.6) is 0 Å². The Morgan fingerprint density at radius 3 is 2.44 bits per heavy atom. The average molecular weight is 250 g/mol. The minimum atomic E-state index is -2.52. The molecule has 0 bridgehead atoms. The summed E-state index contributed by atoms with van der Waals surface area (Å²) < 4.78 is 13.2. The molecule has 0 aliphatic carbocycles. The zero-order chi connectivity index (χ0) is 12.2. The lowest BCUT2D eigenvalue weighted by Gasteiger charge is -2.20. The molecular weight excluding hydrogens is 239 g/mol. The molecule has 18 heavy (non-hydrogen) atoms. The fourth-order valence-electron chi connectivity index (χ4n) is 2.76. The van der Waals surface area contributed by atoms with Crippen LogP contribution in [0.15, 0.2) is 54.3 Å². The zero-order valence-electron chi connectivity index (χ0n) is 9.71. The molecule has 2 aromatic rings. The SMILES string of the molecule is O=P12C=Cc3ccccc3C1=Cc1ccccc12. The third-order valence-corrected chi connectivity index (χ3v) is 6.42. The van der Waals surface area contributed by atoms with Crippen molar-refractivity contribution in [1.82, 2.24) is 0 Å². The molecule has 2 aliphatic rings. The van der Waals surface area contributed by atoms with Gasteiger partial charge in [-0.05, 0) is 28.6 Å². The maximum absolute atomic E-state index is 13.2. The molecule has 2 heterocycles. The molecule has 0 radical (unpaired) electrons. The summed E-state index contributed by atoms with van der Waals surface area (Å²) in [4.78, 5) is 0. The molecule has 0 fully saturated rings. The number of hydrogen-bond acceptors (Lipinski definition) is 1. The predicted octanol–water partition coefficient (Wildman–Crippen LogP) is 4.17. The van der Waals surface area contributed by atoms with Gasteiger partial charge in [-0.2, -0.15) is 0 Å². The number of fused-ring (bicyclic) bond motifs is 5. The van der Waals surface area contributed by atoms with E-state index in [4.69, 9.17) is 0 Å². The van der Waals surface area contributed by atoms with Crippen molar-refractivity contribution in [1.29, 1.82) is 0 Å². The second-order valence-electron chi connectivity index (χ2n) is 4.65. The van der Waals surface area contributed by atoms with Crippen LogP contribution < -0.4 is 5.30 Å². The standard InChI is InChI=1S/C16H11OP/c17-18-10-9-12-5-1-3-7-14(12)16(18)11-13-6-2-4-8-15(13)18/h1-11H. The van der Waals surface area contributed by atoms with E-state index in [0.29, 0.717) is 0 Å². The summed E-state index contributed by atoms with van der Waals surface area (Å²) in [7, 11) is -2.52. The van der Waals surface area contributed by atoms with Crippen molar-refractivity contribution >= 4 is 29.9 Å². The second kappa shape index (κ2) is 3.34. The van der Waals surface area contributed by atoms with Crippen LogP contribution >= 0.6 is 7.14 Å². The van der Waals surface area contributed by atoms with E-state index in [1.165, 1.54) is 0 Å². The fraction of sp³-hybridized carbons (Fsp3) is 0. The third kappa shape index (κ3) is 1.15. The molecule has 2 heteroatoms. The largest absolute Gasteiger partial charge is 0.309 e. The molecule has 86 valence electrons. The van der Waals surface area contributed by atoms with Gasteiger partial charge in [0.1, 0.15) is 0 Å². The molecule has 1 atom stereocenters. The summed E-state index contributed by atoms with van der Waals surface area (Å²) in [5, 5.41) is 1.97. The number of benzene rings is 2. The van der Waals surface area contributed by atoms with E-state index < -0.39 is 7.14 Å². The van der Waals surface area contributed by atoms with Crippen LogP contribution in [0, 0.1) is 0 Å². The van der Waals surface area contributed by atoms with Crippen molar-refractivity contribution in [2.75, 3.05) is 0 Å². The van der Waals surface area contributed by atoms with Gasteiger partial charge in [0.05, 0.1) is 0 Å². The van der Waals surface area contributed by atoms with Gasteiger partial charge in [0.2, 0.25) is 0 Å². The Bertz CT molecular complexity index is 768. The molecule has 1 nitrogen and oxygen atoms in total. The van der Waals surface area contributed by atoms with E-state index >= 15 is 0 Å². The Labute approximate surface area is 106 Å². The van der Waals surface area contributed by atoms with Crippen molar-refractivity contribution in [3.05, 3.63) is 71.0 Å². The van der Waals surface area contributed by atoms with Crippen LogP contribution in [0.25, 0.3) is 17.5 Å². The van der Waals surface area contributed by atoms with Crippen LogP contribution in [0.4, 0.5) is 0 Å². The lowest BCUT2D eigenvalue weighted by atomic mass is 10.1. The van der Waals surface area contributed by atoms with E-state index in [1.54, 1.807) is 0 Å². The lowest BCUT2D eigenvalue weighted by Crippen LogP contribution is -2.04. The summed E-state index contributed by atoms with van der Waals surface area (Å²) >= 11 is 0. The highest BCUT2D eigenvalue weighted by Gasteiger charge is 2.37. The van der Waals surface area contributed by atoms with Crippen LogP contribution in [0.2, 0.25) is 0 Å². The molecule has 0 saturated carbocycles. The van der Waals surface area contributed by atoms with E-state index in [2.05, 4.69) is 18.2 Å². The maximum atomic E-state index is 13.2. The van der Waals surface area contributed by atoms with Gasteiger partial charge in [-0.1, -0.05) is 54.6 Å². The highest BCUT2D eigenvalue weighted by Crippen LogP contribution is 2.66. The van der Waals surface area contributed by atoms with Crippen LogP contribution in [0.3, 0.4) is 0 Å². The minimum absolute atomic E-state index is 0.978. The molecule has 0 aromatic heterocycles. The Balaban J connectivity index is 2.08. The molecule has 2 aromatic carbocycles. The van der Waals surface area contributed by atoms with Crippen LogP contribution in [-0.4, -0.2) is 0 Å². The van der Waals surface area contributed by atoms with Gasteiger partial charge >= 0.3 is 0 Å². The normalized spacial score (nSPS) is 23.0. The Morgan fingerprint density at radius 2 is 1.56 bits per heavy atom. The first-order valence-corrected chi connectivity index (χ1v) is 7.77. The van der Waals surface area contributed by atoms with Crippen LogP contribution in [0.1, 0.15) is 16.7 Å². The quantitative estimate of drug-likeness (QED) is 0.641. The van der Waals surface area contributed by atoms with E-state index in [-0.39, 0.29) is 0 Å². The monoisotopic (exact) mass is 250 g/mol. The summed E-state index contributed by atoms with van der Waals surface area (Å²) in [5.41, 5.74) is 3.36. The Kier molecular flexibility index (Phi) is 1.87. The summed E-state index contributed by atoms with van der Waals surface area (Å²) in [5.74, 6) is 1.90. The van der Waals surface area contributed by atoms with E-state index in [1.807, 2.05) is 48.3 Å². The molecule has 0 N–H and O–H groups in total. The van der Waals surface area contributed by atoms with E-state index in [0.717, 1.165) is 27.3 Å². The molecule has 0 amide bonds. The molecule has 1 unspecified atom stereocenters. The van der Waals surface area contributed by atoms with Gasteiger partial charge in [0, 0.05) is 10.6 Å². The number of hydrogen-bond donors (Lipinski definition) is 0. The first kappa shape index (κ1) is 10.1. The van der Waals surface area contributed by atoms with Gasteiger partial charge in [-0.3, -0.25) is 0 Å². The second-order valence-corrected chi connectivity index (χ2v) is 7.23. The fourth-order valence-corrected chi connectivity index (χ4v) is 5.44. The van der Waals surface area contributed by atoms with Gasteiger partial charge in [0.15, 0.2) is 7.14 Å². The predicted molar refractivity (Wildman–Crippen MR) is 77.0 cm³/mol. The Morgan fingerprint density at radius 1 is 0.833 bits per heavy atom. The average Bonchev–Trinajstić information content (AvgIpc) is 2.73. The van der Waals surface area contributed by atoms with E-state index in [9.17, 15) is 4.57 Å². The highest BCUT2D eigenvalue weighted by molar-refractivity contribution is 7.85. The molecule has 2 aliphatic heterocycles. The topological polar surface area (TPSA) is 17.1 Å². The number of rotatable bonds is 0. The summed E-state index contributed by atoms with van der Waals surface area (Å²) in [6.07, 6.45) is 4.08. The molecule has 0 saturated heterocycles. The zero-order valence-corrected chi connectivity index (χ0v) is 10.6. The molecule has 0 spiro atoms. The van der Waals surface area contributed by atoms with Gasteiger partial charge in [-0.25, -0.2) is 0 Å². The summed E-state index contributed by atoms with van der Waals surface area (Å²) in [6, 6.07) is 16.1. The Hall–Kier alpha value is -1.85. The lowest BCUT2D eigenvalue weighted by molar-refractivity contribution is 0.593. The van der Waals surface area contributed by atoms with Gasteiger partial charge in [0.25, 0.3) is 0 Å². The molecular formula is C16H11OP. The van der Waals surface area contributed by atoms with Crippen molar-refractivity contribution in [2.45, 2.75) is 0 Å². The van der Waals surface area contributed by atoms with Crippen molar-refractivity contribution in [3.63, 3.8) is 0 Å². The minimum Gasteiger partial charge on any atom is -0.309 e. The maximum Gasteiger partial charge on any atom is 0.165 e. The van der Waals surface area contributed by atoms with Gasteiger partial charge in [-0.15, -0.1) is 0 Å². The molecule has 4 rings (SSSR count). The smallest absolute Gasteiger partial charge is 0.165 e. The first-order chi connectivity index (χ1) is 8.79. The third-order valence-electron chi connectivity index (χ3n) is 3.65. The van der Waals surface area contributed by atoms with Crippen LogP contribution in [-0.2, 0) is 4.57 Å².